The number of carbonyl (C=O) groups excluding carboxylic acids is 2. The number of hydrogen-bond acceptors (Lipinski definition) is 4. The molecule has 0 saturated carbocycles. The molecule has 7 heteroatoms. The summed E-state index contributed by atoms with van der Waals surface area (Å²) in [5, 5.41) is 2.64. The molecule has 2 aromatic rings. The summed E-state index contributed by atoms with van der Waals surface area (Å²) in [6, 6.07) is 8.56. The summed E-state index contributed by atoms with van der Waals surface area (Å²) >= 11 is 0. The maximum absolute atomic E-state index is 12.7. The van der Waals surface area contributed by atoms with Gasteiger partial charge in [-0.2, -0.15) is 0 Å². The van der Waals surface area contributed by atoms with Gasteiger partial charge in [-0.3, -0.25) is 14.4 Å². The molecule has 1 aliphatic heterocycles. The SMILES string of the molecule is Cc1ccccc1C(=O)Nc1cc(C(=O)N2CCOCC2)cn(C)c1=O. The summed E-state index contributed by atoms with van der Waals surface area (Å²) in [6.45, 7) is 3.83. The third-order valence-electron chi connectivity index (χ3n) is 4.37. The lowest BCUT2D eigenvalue weighted by atomic mass is 10.1. The summed E-state index contributed by atoms with van der Waals surface area (Å²) in [5.74, 6) is -0.563. The van der Waals surface area contributed by atoms with E-state index in [1.807, 2.05) is 19.1 Å². The number of nitrogens with one attached hydrogen (secondary N) is 1. The van der Waals surface area contributed by atoms with Gasteiger partial charge in [-0.25, -0.2) is 0 Å². The maximum Gasteiger partial charge on any atom is 0.274 e. The van der Waals surface area contributed by atoms with Gasteiger partial charge < -0.3 is 19.5 Å². The molecule has 1 aromatic heterocycles. The second-order valence-corrected chi connectivity index (χ2v) is 6.23. The molecule has 0 unspecified atom stereocenters. The molecule has 26 heavy (non-hydrogen) atoms. The summed E-state index contributed by atoms with van der Waals surface area (Å²) in [6.07, 6.45) is 1.49. The van der Waals surface area contributed by atoms with E-state index >= 15 is 0 Å². The van der Waals surface area contributed by atoms with Gasteiger partial charge >= 0.3 is 0 Å². The van der Waals surface area contributed by atoms with Gasteiger partial charge in [0.15, 0.2) is 0 Å². The Bertz CT molecular complexity index is 898. The number of rotatable bonds is 3. The number of carbonyl (C=O) groups is 2. The fourth-order valence-electron chi connectivity index (χ4n) is 2.88. The van der Waals surface area contributed by atoms with Gasteiger partial charge in [0.25, 0.3) is 17.4 Å². The van der Waals surface area contributed by atoms with E-state index in [0.717, 1.165) is 5.56 Å². The van der Waals surface area contributed by atoms with Crippen molar-refractivity contribution in [2.24, 2.45) is 7.05 Å². The average Bonchev–Trinajstić information content (AvgIpc) is 2.65. The Morgan fingerprint density at radius 3 is 2.54 bits per heavy atom. The molecule has 0 aliphatic carbocycles. The van der Waals surface area contributed by atoms with E-state index in [-0.39, 0.29) is 23.1 Å². The van der Waals surface area contributed by atoms with E-state index < -0.39 is 0 Å². The zero-order valence-corrected chi connectivity index (χ0v) is 14.8. The van der Waals surface area contributed by atoms with Gasteiger partial charge in [-0.05, 0) is 24.6 Å². The molecular weight excluding hydrogens is 334 g/mol. The first kappa shape index (κ1) is 17.9. The van der Waals surface area contributed by atoms with Crippen LogP contribution in [0, 0.1) is 6.92 Å². The van der Waals surface area contributed by atoms with Crippen LogP contribution in [0.15, 0.2) is 41.3 Å². The Morgan fingerprint density at radius 1 is 1.15 bits per heavy atom. The van der Waals surface area contributed by atoms with Crippen LogP contribution in [0.4, 0.5) is 5.69 Å². The van der Waals surface area contributed by atoms with Crippen LogP contribution in [-0.4, -0.2) is 47.6 Å². The Morgan fingerprint density at radius 2 is 1.85 bits per heavy atom. The molecule has 1 N–H and O–H groups in total. The lowest BCUT2D eigenvalue weighted by Gasteiger charge is -2.27. The Kier molecular flexibility index (Phi) is 5.18. The van der Waals surface area contributed by atoms with Crippen molar-refractivity contribution in [3.8, 4) is 0 Å². The van der Waals surface area contributed by atoms with Gasteiger partial charge in [0.2, 0.25) is 0 Å². The van der Waals surface area contributed by atoms with Gasteiger partial charge in [-0.15, -0.1) is 0 Å². The van der Waals surface area contributed by atoms with Crippen LogP contribution in [0.25, 0.3) is 0 Å². The molecule has 0 spiro atoms. The van der Waals surface area contributed by atoms with Crippen LogP contribution in [0.3, 0.4) is 0 Å². The molecule has 0 atom stereocenters. The van der Waals surface area contributed by atoms with Crippen molar-refractivity contribution in [2.45, 2.75) is 6.92 Å². The average molecular weight is 355 g/mol. The molecule has 7 nitrogen and oxygen atoms in total. The van der Waals surface area contributed by atoms with Crippen molar-refractivity contribution in [1.82, 2.24) is 9.47 Å². The number of morpholine rings is 1. The molecule has 0 bridgehead atoms. The van der Waals surface area contributed by atoms with Crippen LogP contribution in [-0.2, 0) is 11.8 Å². The van der Waals surface area contributed by atoms with Crippen molar-refractivity contribution in [3.05, 3.63) is 63.6 Å². The number of amides is 2. The normalized spacial score (nSPS) is 14.2. The van der Waals surface area contributed by atoms with E-state index in [2.05, 4.69) is 5.32 Å². The quantitative estimate of drug-likeness (QED) is 0.903. The van der Waals surface area contributed by atoms with Crippen molar-refractivity contribution >= 4 is 17.5 Å². The third-order valence-corrected chi connectivity index (χ3v) is 4.37. The summed E-state index contributed by atoms with van der Waals surface area (Å²) in [4.78, 5) is 39.2. The molecule has 1 aliphatic rings. The number of pyridine rings is 1. The minimum atomic E-state index is -0.379. The van der Waals surface area contributed by atoms with Gasteiger partial charge in [0, 0.05) is 31.9 Å². The number of anilines is 1. The van der Waals surface area contributed by atoms with E-state index in [0.29, 0.717) is 37.4 Å². The first-order valence-electron chi connectivity index (χ1n) is 8.42. The lowest BCUT2D eigenvalue weighted by Crippen LogP contribution is -2.41. The van der Waals surface area contributed by atoms with Crippen molar-refractivity contribution in [3.63, 3.8) is 0 Å². The van der Waals surface area contributed by atoms with E-state index in [4.69, 9.17) is 4.74 Å². The van der Waals surface area contributed by atoms with E-state index in [9.17, 15) is 14.4 Å². The molecule has 3 rings (SSSR count). The molecule has 2 heterocycles. The highest BCUT2D eigenvalue weighted by Gasteiger charge is 2.21. The predicted molar refractivity (Wildman–Crippen MR) is 97.5 cm³/mol. The van der Waals surface area contributed by atoms with Gasteiger partial charge in [0.1, 0.15) is 5.69 Å². The Hall–Kier alpha value is -2.93. The molecule has 1 fully saturated rings. The maximum atomic E-state index is 12.7. The molecule has 0 radical (unpaired) electrons. The number of hydrogen-bond donors (Lipinski definition) is 1. The van der Waals surface area contributed by atoms with E-state index in [1.165, 1.54) is 16.8 Å². The third kappa shape index (κ3) is 3.67. The zero-order chi connectivity index (χ0) is 18.7. The number of ether oxygens (including phenoxy) is 1. The second kappa shape index (κ2) is 7.53. The Balaban J connectivity index is 1.89. The molecule has 136 valence electrons. The van der Waals surface area contributed by atoms with Gasteiger partial charge in [0.05, 0.1) is 18.8 Å². The molecule has 1 saturated heterocycles. The number of benzene rings is 1. The number of nitrogens with zero attached hydrogens (tertiary/aromatic N) is 2. The first-order chi connectivity index (χ1) is 12.5. The summed E-state index contributed by atoms with van der Waals surface area (Å²) in [5.41, 5.74) is 1.36. The predicted octanol–water partition coefficient (Wildman–Crippen LogP) is 1.42. The van der Waals surface area contributed by atoms with Crippen molar-refractivity contribution in [2.75, 3.05) is 31.6 Å². The van der Waals surface area contributed by atoms with E-state index in [1.54, 1.807) is 24.1 Å². The summed E-state index contributed by atoms with van der Waals surface area (Å²) < 4.78 is 6.57. The van der Waals surface area contributed by atoms with Crippen LogP contribution in [0.2, 0.25) is 0 Å². The second-order valence-electron chi connectivity index (χ2n) is 6.23. The summed E-state index contributed by atoms with van der Waals surface area (Å²) in [7, 11) is 1.56. The highest BCUT2D eigenvalue weighted by atomic mass is 16.5. The zero-order valence-electron chi connectivity index (χ0n) is 14.8. The highest BCUT2D eigenvalue weighted by molar-refractivity contribution is 6.05. The largest absolute Gasteiger partial charge is 0.378 e. The monoisotopic (exact) mass is 355 g/mol. The molecule has 2 amide bonds. The van der Waals surface area contributed by atoms with Crippen LogP contribution >= 0.6 is 0 Å². The molecule has 1 aromatic carbocycles. The van der Waals surface area contributed by atoms with Gasteiger partial charge in [-0.1, -0.05) is 18.2 Å². The van der Waals surface area contributed by atoms with Crippen LogP contribution in [0.5, 0.6) is 0 Å². The molecular formula is C19H21N3O4. The standard InChI is InChI=1S/C19H21N3O4/c1-13-5-3-4-6-15(13)17(23)20-16-11-14(12-21(2)19(16)25)18(24)22-7-9-26-10-8-22/h3-6,11-12H,7-10H2,1-2H3,(H,20,23). The topological polar surface area (TPSA) is 80.6 Å². The number of aryl methyl sites for hydroxylation is 2. The Labute approximate surface area is 151 Å². The van der Waals surface area contributed by atoms with Crippen LogP contribution < -0.4 is 10.9 Å². The number of aromatic nitrogens is 1. The van der Waals surface area contributed by atoms with Crippen molar-refractivity contribution < 1.29 is 14.3 Å². The first-order valence-corrected chi connectivity index (χ1v) is 8.42. The fourth-order valence-corrected chi connectivity index (χ4v) is 2.88. The minimum Gasteiger partial charge on any atom is -0.378 e. The highest BCUT2D eigenvalue weighted by Crippen LogP contribution is 2.13. The van der Waals surface area contributed by atoms with Crippen molar-refractivity contribution in [1.29, 1.82) is 0 Å². The van der Waals surface area contributed by atoms with Crippen LogP contribution in [0.1, 0.15) is 26.3 Å². The minimum absolute atomic E-state index is 0.0832. The fraction of sp³-hybridized carbons (Fsp3) is 0.316. The smallest absolute Gasteiger partial charge is 0.274 e. The lowest BCUT2D eigenvalue weighted by molar-refractivity contribution is 0.0302.